The van der Waals surface area contributed by atoms with Gasteiger partial charge in [0.1, 0.15) is 5.92 Å². The first-order valence-corrected chi connectivity index (χ1v) is 7.51. The summed E-state index contributed by atoms with van der Waals surface area (Å²) >= 11 is 1.64. The summed E-state index contributed by atoms with van der Waals surface area (Å²) in [6.45, 7) is 6.00. The zero-order valence-electron chi connectivity index (χ0n) is 11.8. The predicted octanol–water partition coefficient (Wildman–Crippen LogP) is 3.02. The smallest absolute Gasteiger partial charge is 0.318 e. The number of hydrogen-bond donors (Lipinski definition) is 0. The molecular formula is C14H18N2O3S. The quantitative estimate of drug-likeness (QED) is 0.766. The first-order chi connectivity index (χ1) is 9.61. The lowest BCUT2D eigenvalue weighted by molar-refractivity contribution is -0.146. The van der Waals surface area contributed by atoms with Crippen LogP contribution in [0, 0.1) is 5.92 Å². The Hall–Kier alpha value is -1.69. The maximum atomic E-state index is 12.0. The Bertz CT molecular complexity index is 549. The van der Waals surface area contributed by atoms with Crippen LogP contribution in [0.2, 0.25) is 0 Å². The maximum Gasteiger partial charge on any atom is 0.318 e. The Labute approximate surface area is 122 Å². The number of carbonyl (C=O) groups is 1. The molecule has 0 aliphatic heterocycles. The lowest BCUT2D eigenvalue weighted by Crippen LogP contribution is -2.21. The van der Waals surface area contributed by atoms with Gasteiger partial charge >= 0.3 is 5.97 Å². The summed E-state index contributed by atoms with van der Waals surface area (Å²) in [5.41, 5.74) is 0. The van der Waals surface area contributed by atoms with Crippen molar-refractivity contribution in [3.8, 4) is 0 Å². The zero-order valence-corrected chi connectivity index (χ0v) is 12.6. The van der Waals surface area contributed by atoms with E-state index in [0.717, 1.165) is 4.88 Å². The molecule has 0 saturated carbocycles. The van der Waals surface area contributed by atoms with Crippen LogP contribution in [0.25, 0.3) is 0 Å². The molecule has 5 nitrogen and oxygen atoms in total. The number of thiophene rings is 1. The molecule has 0 amide bonds. The first kappa shape index (κ1) is 14.7. The van der Waals surface area contributed by atoms with Crippen molar-refractivity contribution < 1.29 is 14.1 Å². The number of esters is 1. The van der Waals surface area contributed by atoms with Gasteiger partial charge in [0.05, 0.1) is 6.61 Å². The summed E-state index contributed by atoms with van der Waals surface area (Å²) in [4.78, 5) is 17.5. The average molecular weight is 294 g/mol. The minimum absolute atomic E-state index is 0.0455. The molecule has 20 heavy (non-hydrogen) atoms. The molecule has 6 heteroatoms. The first-order valence-electron chi connectivity index (χ1n) is 6.63. The minimum Gasteiger partial charge on any atom is -0.465 e. The third-order valence-electron chi connectivity index (χ3n) is 2.87. The van der Waals surface area contributed by atoms with Crippen molar-refractivity contribution in [3.63, 3.8) is 0 Å². The van der Waals surface area contributed by atoms with Gasteiger partial charge in [0.15, 0.2) is 5.82 Å². The van der Waals surface area contributed by atoms with Crippen molar-refractivity contribution in [2.24, 2.45) is 5.92 Å². The predicted molar refractivity (Wildman–Crippen MR) is 75.6 cm³/mol. The topological polar surface area (TPSA) is 65.2 Å². The number of aromatic nitrogens is 2. The number of rotatable bonds is 6. The molecule has 0 aromatic carbocycles. The van der Waals surface area contributed by atoms with Crippen LogP contribution in [0.3, 0.4) is 0 Å². The Balaban J connectivity index is 2.14. The Morgan fingerprint density at radius 1 is 1.50 bits per heavy atom. The van der Waals surface area contributed by atoms with Crippen molar-refractivity contribution in [2.75, 3.05) is 6.61 Å². The van der Waals surface area contributed by atoms with Crippen molar-refractivity contribution in [1.82, 2.24) is 10.1 Å². The highest BCUT2D eigenvalue weighted by Crippen LogP contribution is 2.25. The molecule has 0 fully saturated rings. The molecule has 2 heterocycles. The van der Waals surface area contributed by atoms with E-state index in [9.17, 15) is 4.79 Å². The van der Waals surface area contributed by atoms with E-state index in [0.29, 0.717) is 24.7 Å². The molecule has 2 rings (SSSR count). The third kappa shape index (κ3) is 3.45. The van der Waals surface area contributed by atoms with E-state index in [4.69, 9.17) is 9.26 Å². The van der Waals surface area contributed by atoms with Crippen LogP contribution in [-0.2, 0) is 16.0 Å². The lowest BCUT2D eigenvalue weighted by atomic mass is 9.96. The van der Waals surface area contributed by atoms with Gasteiger partial charge in [0.2, 0.25) is 5.89 Å². The summed E-state index contributed by atoms with van der Waals surface area (Å²) in [5, 5.41) is 5.96. The molecule has 0 aliphatic carbocycles. The highest BCUT2D eigenvalue weighted by Gasteiger charge is 2.31. The average Bonchev–Trinajstić information content (AvgIpc) is 3.02. The van der Waals surface area contributed by atoms with Gasteiger partial charge in [-0.05, 0) is 24.3 Å². The van der Waals surface area contributed by atoms with Gasteiger partial charge in [-0.2, -0.15) is 4.98 Å². The van der Waals surface area contributed by atoms with Gasteiger partial charge in [0.25, 0.3) is 0 Å². The van der Waals surface area contributed by atoms with E-state index in [1.54, 1.807) is 18.3 Å². The van der Waals surface area contributed by atoms with Crippen LogP contribution in [0.15, 0.2) is 22.0 Å². The van der Waals surface area contributed by atoms with Gasteiger partial charge in [-0.25, -0.2) is 0 Å². The fraction of sp³-hybridized carbons (Fsp3) is 0.500. The summed E-state index contributed by atoms with van der Waals surface area (Å²) in [5.74, 6) is 0.167. The van der Waals surface area contributed by atoms with Crippen molar-refractivity contribution in [3.05, 3.63) is 34.1 Å². The summed E-state index contributed by atoms with van der Waals surface area (Å²) in [6, 6.07) is 4.00. The number of ether oxygens (including phenoxy) is 1. The van der Waals surface area contributed by atoms with E-state index in [2.05, 4.69) is 10.1 Å². The third-order valence-corrected chi connectivity index (χ3v) is 3.75. The number of nitrogens with zero attached hydrogens (tertiary/aromatic N) is 2. The van der Waals surface area contributed by atoms with E-state index in [1.807, 2.05) is 31.4 Å². The van der Waals surface area contributed by atoms with E-state index in [-0.39, 0.29) is 11.9 Å². The molecule has 0 bridgehead atoms. The fourth-order valence-electron chi connectivity index (χ4n) is 1.92. The molecule has 2 aromatic heterocycles. The van der Waals surface area contributed by atoms with Gasteiger partial charge < -0.3 is 9.26 Å². The summed E-state index contributed by atoms with van der Waals surface area (Å²) in [7, 11) is 0. The fourth-order valence-corrected chi connectivity index (χ4v) is 2.63. The van der Waals surface area contributed by atoms with Gasteiger partial charge in [-0.15, -0.1) is 11.3 Å². The molecule has 2 aromatic rings. The maximum absolute atomic E-state index is 12.0. The summed E-state index contributed by atoms with van der Waals surface area (Å²) in [6.07, 6.45) is 0.620. The van der Waals surface area contributed by atoms with Crippen LogP contribution >= 0.6 is 11.3 Å². The molecule has 0 N–H and O–H groups in total. The molecule has 0 radical (unpaired) electrons. The highest BCUT2D eigenvalue weighted by molar-refractivity contribution is 7.09. The van der Waals surface area contributed by atoms with Crippen molar-refractivity contribution in [2.45, 2.75) is 33.1 Å². The second kappa shape index (κ2) is 6.65. The lowest BCUT2D eigenvalue weighted by Gasteiger charge is -2.14. The van der Waals surface area contributed by atoms with E-state index in [1.165, 1.54) is 0 Å². The minimum atomic E-state index is -0.500. The van der Waals surface area contributed by atoms with Crippen LogP contribution < -0.4 is 0 Å². The van der Waals surface area contributed by atoms with Crippen LogP contribution in [0.5, 0.6) is 0 Å². The second-order valence-corrected chi connectivity index (χ2v) is 5.81. The van der Waals surface area contributed by atoms with Gasteiger partial charge in [-0.1, -0.05) is 25.1 Å². The van der Waals surface area contributed by atoms with E-state index >= 15 is 0 Å². The molecule has 108 valence electrons. The van der Waals surface area contributed by atoms with Gasteiger partial charge in [-0.3, -0.25) is 4.79 Å². The molecule has 0 spiro atoms. The molecule has 1 unspecified atom stereocenters. The standard InChI is InChI=1S/C14H18N2O3S/c1-4-18-14(17)12(9(2)3)13-15-11(16-19-13)8-10-6-5-7-20-10/h5-7,9,12H,4,8H2,1-3H3. The summed E-state index contributed by atoms with van der Waals surface area (Å²) < 4.78 is 10.3. The highest BCUT2D eigenvalue weighted by atomic mass is 32.1. The second-order valence-electron chi connectivity index (χ2n) is 4.78. The van der Waals surface area contributed by atoms with Crippen LogP contribution in [0.1, 0.15) is 43.3 Å². The van der Waals surface area contributed by atoms with Crippen LogP contribution in [-0.4, -0.2) is 22.7 Å². The molecule has 0 saturated heterocycles. The molecule has 1 atom stereocenters. The molecular weight excluding hydrogens is 276 g/mol. The SMILES string of the molecule is CCOC(=O)C(c1nc(Cc2cccs2)no1)C(C)C. The normalized spacial score (nSPS) is 12.6. The van der Waals surface area contributed by atoms with Crippen molar-refractivity contribution >= 4 is 17.3 Å². The zero-order chi connectivity index (χ0) is 14.5. The van der Waals surface area contributed by atoms with Crippen LogP contribution in [0.4, 0.5) is 0 Å². The number of hydrogen-bond acceptors (Lipinski definition) is 6. The molecule has 0 aliphatic rings. The van der Waals surface area contributed by atoms with Crippen molar-refractivity contribution in [1.29, 1.82) is 0 Å². The Morgan fingerprint density at radius 2 is 2.30 bits per heavy atom. The Morgan fingerprint density at radius 3 is 2.90 bits per heavy atom. The Kier molecular flexibility index (Phi) is 4.89. The largest absolute Gasteiger partial charge is 0.465 e. The van der Waals surface area contributed by atoms with Gasteiger partial charge in [0, 0.05) is 11.3 Å². The number of carbonyl (C=O) groups excluding carboxylic acids is 1. The van der Waals surface area contributed by atoms with E-state index < -0.39 is 5.92 Å². The monoisotopic (exact) mass is 294 g/mol.